The standard InChI is InChI=1S/C11H9Cl2NO/c12-8-3-1-7(2-4-8)11(14)9-5-6-10(13)15-9/h1-6,11H,14H2. The Labute approximate surface area is 97.6 Å². The van der Waals surface area contributed by atoms with Gasteiger partial charge in [0.25, 0.3) is 0 Å². The van der Waals surface area contributed by atoms with Crippen LogP contribution in [-0.4, -0.2) is 0 Å². The molecule has 1 unspecified atom stereocenters. The van der Waals surface area contributed by atoms with E-state index in [1.807, 2.05) is 12.1 Å². The lowest BCUT2D eigenvalue weighted by Gasteiger charge is -2.08. The molecule has 4 heteroatoms. The van der Waals surface area contributed by atoms with Crippen molar-refractivity contribution in [2.45, 2.75) is 6.04 Å². The minimum Gasteiger partial charge on any atom is -0.448 e. The van der Waals surface area contributed by atoms with E-state index < -0.39 is 0 Å². The molecule has 1 heterocycles. The summed E-state index contributed by atoms with van der Waals surface area (Å²) in [4.78, 5) is 0. The van der Waals surface area contributed by atoms with Crippen molar-refractivity contribution in [2.75, 3.05) is 0 Å². The zero-order valence-electron chi connectivity index (χ0n) is 7.78. The molecule has 2 aromatic rings. The fraction of sp³-hybridized carbons (Fsp3) is 0.0909. The maximum atomic E-state index is 5.98. The summed E-state index contributed by atoms with van der Waals surface area (Å²) in [5, 5.41) is 1.03. The summed E-state index contributed by atoms with van der Waals surface area (Å²) in [6.07, 6.45) is 0. The molecule has 0 spiro atoms. The lowest BCUT2D eigenvalue weighted by atomic mass is 10.1. The number of rotatable bonds is 2. The van der Waals surface area contributed by atoms with Crippen molar-refractivity contribution >= 4 is 23.2 Å². The van der Waals surface area contributed by atoms with Gasteiger partial charge in [-0.1, -0.05) is 23.7 Å². The predicted octanol–water partition coefficient (Wildman–Crippen LogP) is 3.63. The van der Waals surface area contributed by atoms with Crippen LogP contribution in [0.3, 0.4) is 0 Å². The minimum atomic E-state index is -0.310. The molecule has 0 bridgehead atoms. The topological polar surface area (TPSA) is 39.2 Å². The van der Waals surface area contributed by atoms with Crippen LogP contribution in [0.5, 0.6) is 0 Å². The van der Waals surface area contributed by atoms with E-state index in [2.05, 4.69) is 0 Å². The zero-order valence-corrected chi connectivity index (χ0v) is 9.29. The molecule has 1 aromatic carbocycles. The molecular formula is C11H9Cl2NO. The molecule has 0 radical (unpaired) electrons. The number of benzene rings is 1. The molecule has 1 atom stereocenters. The van der Waals surface area contributed by atoms with E-state index >= 15 is 0 Å². The van der Waals surface area contributed by atoms with Crippen molar-refractivity contribution in [1.29, 1.82) is 0 Å². The number of hydrogen-bond acceptors (Lipinski definition) is 2. The first-order valence-electron chi connectivity index (χ1n) is 4.43. The van der Waals surface area contributed by atoms with Crippen LogP contribution in [-0.2, 0) is 0 Å². The van der Waals surface area contributed by atoms with Crippen LogP contribution in [0.1, 0.15) is 17.4 Å². The van der Waals surface area contributed by atoms with Crippen molar-refractivity contribution in [2.24, 2.45) is 5.73 Å². The number of hydrogen-bond donors (Lipinski definition) is 1. The second-order valence-electron chi connectivity index (χ2n) is 3.17. The van der Waals surface area contributed by atoms with Gasteiger partial charge in [0.2, 0.25) is 0 Å². The monoisotopic (exact) mass is 241 g/mol. The second kappa shape index (κ2) is 4.27. The molecule has 0 aliphatic rings. The SMILES string of the molecule is NC(c1ccc(Cl)cc1)c1ccc(Cl)o1. The van der Waals surface area contributed by atoms with Crippen LogP contribution in [0.25, 0.3) is 0 Å². The summed E-state index contributed by atoms with van der Waals surface area (Å²) >= 11 is 11.5. The summed E-state index contributed by atoms with van der Waals surface area (Å²) in [5.41, 5.74) is 6.92. The van der Waals surface area contributed by atoms with Gasteiger partial charge in [0.15, 0.2) is 5.22 Å². The van der Waals surface area contributed by atoms with E-state index in [-0.39, 0.29) is 6.04 Å². The predicted molar refractivity (Wildman–Crippen MR) is 61.2 cm³/mol. The normalized spacial score (nSPS) is 12.7. The summed E-state index contributed by atoms with van der Waals surface area (Å²) in [6, 6.07) is 10.4. The van der Waals surface area contributed by atoms with E-state index in [0.29, 0.717) is 16.0 Å². The number of furan rings is 1. The van der Waals surface area contributed by atoms with Gasteiger partial charge in [0.1, 0.15) is 5.76 Å². The fourth-order valence-electron chi connectivity index (χ4n) is 1.33. The quantitative estimate of drug-likeness (QED) is 0.873. The van der Waals surface area contributed by atoms with Gasteiger partial charge in [0.05, 0.1) is 6.04 Å². The Morgan fingerprint density at radius 3 is 2.20 bits per heavy atom. The van der Waals surface area contributed by atoms with Gasteiger partial charge >= 0.3 is 0 Å². The number of halogens is 2. The van der Waals surface area contributed by atoms with Crippen molar-refractivity contribution < 1.29 is 4.42 Å². The third-order valence-electron chi connectivity index (χ3n) is 2.13. The molecule has 1 aromatic heterocycles. The van der Waals surface area contributed by atoms with E-state index in [9.17, 15) is 0 Å². The molecule has 0 aliphatic heterocycles. The first-order chi connectivity index (χ1) is 7.16. The van der Waals surface area contributed by atoms with E-state index in [0.717, 1.165) is 5.56 Å². The van der Waals surface area contributed by atoms with Crippen molar-refractivity contribution in [3.05, 3.63) is 58.0 Å². The van der Waals surface area contributed by atoms with Gasteiger partial charge in [-0.25, -0.2) is 0 Å². The Morgan fingerprint density at radius 2 is 1.67 bits per heavy atom. The maximum absolute atomic E-state index is 5.98. The Bertz CT molecular complexity index is 450. The van der Waals surface area contributed by atoms with Gasteiger partial charge in [0, 0.05) is 5.02 Å². The molecule has 0 saturated carbocycles. The molecule has 0 aliphatic carbocycles. The van der Waals surface area contributed by atoms with Crippen molar-refractivity contribution in [3.63, 3.8) is 0 Å². The van der Waals surface area contributed by atoms with Crippen LogP contribution in [0, 0.1) is 0 Å². The van der Waals surface area contributed by atoms with Crippen molar-refractivity contribution in [1.82, 2.24) is 0 Å². The van der Waals surface area contributed by atoms with Gasteiger partial charge in [-0.3, -0.25) is 0 Å². The van der Waals surface area contributed by atoms with Crippen LogP contribution < -0.4 is 5.73 Å². The largest absolute Gasteiger partial charge is 0.448 e. The van der Waals surface area contributed by atoms with Crippen LogP contribution >= 0.6 is 23.2 Å². The number of nitrogens with two attached hydrogens (primary N) is 1. The molecule has 2 nitrogen and oxygen atoms in total. The highest BCUT2D eigenvalue weighted by Crippen LogP contribution is 2.24. The van der Waals surface area contributed by atoms with Crippen LogP contribution in [0.15, 0.2) is 40.8 Å². The summed E-state index contributed by atoms with van der Waals surface area (Å²) in [6.45, 7) is 0. The Hall–Kier alpha value is -0.960. The smallest absolute Gasteiger partial charge is 0.193 e. The average Bonchev–Trinajstić information content (AvgIpc) is 2.65. The highest BCUT2D eigenvalue weighted by molar-refractivity contribution is 6.30. The highest BCUT2D eigenvalue weighted by atomic mass is 35.5. The molecule has 0 fully saturated rings. The second-order valence-corrected chi connectivity index (χ2v) is 3.98. The minimum absolute atomic E-state index is 0.310. The first-order valence-corrected chi connectivity index (χ1v) is 5.18. The zero-order chi connectivity index (χ0) is 10.8. The van der Waals surface area contributed by atoms with Crippen LogP contribution in [0.4, 0.5) is 0 Å². The lowest BCUT2D eigenvalue weighted by Crippen LogP contribution is -2.10. The molecule has 2 rings (SSSR count). The van der Waals surface area contributed by atoms with Gasteiger partial charge in [-0.2, -0.15) is 0 Å². The molecule has 78 valence electrons. The molecule has 0 saturated heterocycles. The molecular weight excluding hydrogens is 233 g/mol. The summed E-state index contributed by atoms with van der Waals surface area (Å²) in [5.74, 6) is 0.641. The third kappa shape index (κ3) is 2.34. The summed E-state index contributed by atoms with van der Waals surface area (Å²) < 4.78 is 5.24. The molecule has 2 N–H and O–H groups in total. The Kier molecular flexibility index (Phi) is 3.00. The Balaban J connectivity index is 2.28. The van der Waals surface area contributed by atoms with E-state index in [1.165, 1.54) is 0 Å². The van der Waals surface area contributed by atoms with E-state index in [1.54, 1.807) is 24.3 Å². The van der Waals surface area contributed by atoms with Gasteiger partial charge in [-0.15, -0.1) is 0 Å². The van der Waals surface area contributed by atoms with Crippen molar-refractivity contribution in [3.8, 4) is 0 Å². The summed E-state index contributed by atoms with van der Waals surface area (Å²) in [7, 11) is 0. The third-order valence-corrected chi connectivity index (χ3v) is 2.58. The van der Waals surface area contributed by atoms with Crippen LogP contribution in [0.2, 0.25) is 10.2 Å². The average molecular weight is 242 g/mol. The molecule has 15 heavy (non-hydrogen) atoms. The lowest BCUT2D eigenvalue weighted by molar-refractivity contribution is 0.491. The Morgan fingerprint density at radius 1 is 1.00 bits per heavy atom. The maximum Gasteiger partial charge on any atom is 0.193 e. The fourth-order valence-corrected chi connectivity index (χ4v) is 1.61. The highest BCUT2D eigenvalue weighted by Gasteiger charge is 2.12. The molecule has 0 amide bonds. The van der Waals surface area contributed by atoms with E-state index in [4.69, 9.17) is 33.4 Å². The van der Waals surface area contributed by atoms with Gasteiger partial charge < -0.3 is 10.2 Å². The first kappa shape index (κ1) is 10.6. The van der Waals surface area contributed by atoms with Gasteiger partial charge in [-0.05, 0) is 41.4 Å².